The van der Waals surface area contributed by atoms with E-state index in [-0.39, 0.29) is 12.2 Å². The summed E-state index contributed by atoms with van der Waals surface area (Å²) in [6.45, 7) is 0.428. The van der Waals surface area contributed by atoms with Crippen LogP contribution in [0.5, 0.6) is 0 Å². The zero-order valence-electron chi connectivity index (χ0n) is 9.67. The lowest BCUT2D eigenvalue weighted by Gasteiger charge is -2.25. The summed E-state index contributed by atoms with van der Waals surface area (Å²) >= 11 is 0. The zero-order valence-corrected chi connectivity index (χ0v) is 9.67. The Morgan fingerprint density at radius 1 is 1.41 bits per heavy atom. The van der Waals surface area contributed by atoms with Crippen molar-refractivity contribution in [3.8, 4) is 6.07 Å². The van der Waals surface area contributed by atoms with Crippen LogP contribution in [0.4, 0.5) is 0 Å². The molecule has 1 saturated carbocycles. The molecular weight excluding hydrogens is 216 g/mol. The Bertz CT molecular complexity index is 406. The predicted molar refractivity (Wildman–Crippen MR) is 62.0 cm³/mol. The Morgan fingerprint density at radius 3 is 2.88 bits per heavy atom. The number of nitriles is 1. The van der Waals surface area contributed by atoms with E-state index in [4.69, 9.17) is 10.00 Å². The third kappa shape index (κ3) is 3.26. The van der Waals surface area contributed by atoms with Crippen LogP contribution in [0.15, 0.2) is 18.3 Å². The van der Waals surface area contributed by atoms with E-state index in [1.807, 2.05) is 12.1 Å². The van der Waals surface area contributed by atoms with Crippen LogP contribution in [0.3, 0.4) is 0 Å². The van der Waals surface area contributed by atoms with Crippen LogP contribution in [0.2, 0.25) is 0 Å². The van der Waals surface area contributed by atoms with E-state index in [0.717, 1.165) is 31.2 Å². The van der Waals surface area contributed by atoms with E-state index >= 15 is 0 Å². The molecule has 1 N–H and O–H groups in total. The van der Waals surface area contributed by atoms with Gasteiger partial charge in [-0.1, -0.05) is 6.07 Å². The number of ether oxygens (including phenoxy) is 1. The van der Waals surface area contributed by atoms with Crippen molar-refractivity contribution in [3.05, 3.63) is 29.6 Å². The molecule has 4 nitrogen and oxygen atoms in total. The molecule has 0 unspecified atom stereocenters. The molecule has 0 bridgehead atoms. The first-order chi connectivity index (χ1) is 8.29. The number of rotatable bonds is 3. The van der Waals surface area contributed by atoms with Crippen LogP contribution < -0.4 is 0 Å². The molecule has 1 aromatic rings. The molecule has 90 valence electrons. The highest BCUT2D eigenvalue weighted by Crippen LogP contribution is 2.22. The molecule has 0 spiro atoms. The number of pyridine rings is 1. The molecule has 1 aliphatic carbocycles. The van der Waals surface area contributed by atoms with Gasteiger partial charge in [0.1, 0.15) is 11.8 Å². The number of aliphatic hydroxyl groups is 1. The Morgan fingerprint density at radius 2 is 2.18 bits per heavy atom. The van der Waals surface area contributed by atoms with E-state index < -0.39 is 0 Å². The van der Waals surface area contributed by atoms with Crippen molar-refractivity contribution in [2.45, 2.75) is 44.5 Å². The SMILES string of the molecule is N#Cc1ncccc1COC1CCC(O)CC1. The van der Waals surface area contributed by atoms with Gasteiger partial charge < -0.3 is 9.84 Å². The number of aromatic nitrogens is 1. The van der Waals surface area contributed by atoms with Crippen LogP contribution in [0.25, 0.3) is 0 Å². The van der Waals surface area contributed by atoms with Crippen molar-refractivity contribution in [1.82, 2.24) is 4.98 Å². The smallest absolute Gasteiger partial charge is 0.145 e. The fraction of sp³-hybridized carbons (Fsp3) is 0.538. The lowest BCUT2D eigenvalue weighted by atomic mass is 9.95. The number of aliphatic hydroxyl groups excluding tert-OH is 1. The minimum absolute atomic E-state index is 0.164. The highest BCUT2D eigenvalue weighted by molar-refractivity contribution is 5.29. The molecule has 0 atom stereocenters. The highest BCUT2D eigenvalue weighted by atomic mass is 16.5. The number of nitrogens with zero attached hydrogens (tertiary/aromatic N) is 2. The van der Waals surface area contributed by atoms with Crippen LogP contribution in [0, 0.1) is 11.3 Å². The van der Waals surface area contributed by atoms with Gasteiger partial charge in [0.2, 0.25) is 0 Å². The van der Waals surface area contributed by atoms with Crippen LogP contribution >= 0.6 is 0 Å². The van der Waals surface area contributed by atoms with Crippen LogP contribution in [0.1, 0.15) is 36.9 Å². The normalized spacial score (nSPS) is 24.2. The quantitative estimate of drug-likeness (QED) is 0.862. The standard InChI is InChI=1S/C13H16N2O2/c14-8-13-10(2-1-7-15-13)9-17-12-5-3-11(16)4-6-12/h1-2,7,11-12,16H,3-6,9H2. The van der Waals surface area contributed by atoms with Gasteiger partial charge in [0.15, 0.2) is 0 Å². The molecule has 1 fully saturated rings. The molecule has 1 heterocycles. The summed E-state index contributed by atoms with van der Waals surface area (Å²) in [7, 11) is 0. The first-order valence-electron chi connectivity index (χ1n) is 5.93. The van der Waals surface area contributed by atoms with E-state index in [1.165, 1.54) is 0 Å². The summed E-state index contributed by atoms with van der Waals surface area (Å²) in [5.74, 6) is 0. The summed E-state index contributed by atoms with van der Waals surface area (Å²) in [6.07, 6.45) is 5.05. The first kappa shape index (κ1) is 12.0. The van der Waals surface area contributed by atoms with E-state index in [0.29, 0.717) is 12.3 Å². The Balaban J connectivity index is 1.88. The van der Waals surface area contributed by atoms with Crippen LogP contribution in [-0.2, 0) is 11.3 Å². The second-order valence-electron chi connectivity index (χ2n) is 4.36. The second kappa shape index (κ2) is 5.76. The third-order valence-electron chi connectivity index (χ3n) is 3.12. The summed E-state index contributed by atoms with van der Waals surface area (Å²) in [4.78, 5) is 3.99. The molecule has 0 amide bonds. The van der Waals surface area contributed by atoms with Gasteiger partial charge in [-0.05, 0) is 31.7 Å². The fourth-order valence-electron chi connectivity index (χ4n) is 2.08. The molecule has 0 saturated heterocycles. The van der Waals surface area contributed by atoms with Crippen molar-refractivity contribution in [2.75, 3.05) is 0 Å². The molecule has 2 rings (SSSR count). The second-order valence-corrected chi connectivity index (χ2v) is 4.36. The third-order valence-corrected chi connectivity index (χ3v) is 3.12. The largest absolute Gasteiger partial charge is 0.393 e. The van der Waals surface area contributed by atoms with Gasteiger partial charge in [0.05, 0.1) is 18.8 Å². The molecular formula is C13H16N2O2. The average molecular weight is 232 g/mol. The lowest BCUT2D eigenvalue weighted by Crippen LogP contribution is -2.24. The average Bonchev–Trinajstić information content (AvgIpc) is 2.38. The summed E-state index contributed by atoms with van der Waals surface area (Å²) < 4.78 is 5.76. The molecule has 1 aromatic heterocycles. The van der Waals surface area contributed by atoms with Crippen LogP contribution in [-0.4, -0.2) is 22.3 Å². The van der Waals surface area contributed by atoms with E-state index in [2.05, 4.69) is 11.1 Å². The molecule has 17 heavy (non-hydrogen) atoms. The maximum Gasteiger partial charge on any atom is 0.145 e. The minimum atomic E-state index is -0.164. The summed E-state index contributed by atoms with van der Waals surface area (Å²) in [6, 6.07) is 5.73. The number of hydrogen-bond acceptors (Lipinski definition) is 4. The monoisotopic (exact) mass is 232 g/mol. The summed E-state index contributed by atoms with van der Waals surface area (Å²) in [5, 5.41) is 18.3. The van der Waals surface area contributed by atoms with Gasteiger partial charge in [0.25, 0.3) is 0 Å². The van der Waals surface area contributed by atoms with Gasteiger partial charge in [-0.15, -0.1) is 0 Å². The van der Waals surface area contributed by atoms with Crippen molar-refractivity contribution < 1.29 is 9.84 Å². The first-order valence-corrected chi connectivity index (χ1v) is 5.93. The highest BCUT2D eigenvalue weighted by Gasteiger charge is 2.20. The molecule has 0 aliphatic heterocycles. The van der Waals surface area contributed by atoms with Crippen molar-refractivity contribution >= 4 is 0 Å². The van der Waals surface area contributed by atoms with Crippen molar-refractivity contribution in [1.29, 1.82) is 5.26 Å². The van der Waals surface area contributed by atoms with Crippen molar-refractivity contribution in [3.63, 3.8) is 0 Å². The Kier molecular flexibility index (Phi) is 4.08. The Hall–Kier alpha value is -1.44. The van der Waals surface area contributed by atoms with E-state index in [1.54, 1.807) is 6.20 Å². The van der Waals surface area contributed by atoms with Crippen molar-refractivity contribution in [2.24, 2.45) is 0 Å². The van der Waals surface area contributed by atoms with E-state index in [9.17, 15) is 5.11 Å². The maximum atomic E-state index is 9.39. The Labute approximate surface area is 101 Å². The van der Waals surface area contributed by atoms with Gasteiger partial charge >= 0.3 is 0 Å². The maximum absolute atomic E-state index is 9.39. The molecule has 1 aliphatic rings. The fourth-order valence-corrected chi connectivity index (χ4v) is 2.08. The topological polar surface area (TPSA) is 66.1 Å². The summed E-state index contributed by atoms with van der Waals surface area (Å²) in [5.41, 5.74) is 1.27. The zero-order chi connectivity index (χ0) is 12.1. The lowest BCUT2D eigenvalue weighted by molar-refractivity contribution is -0.0120. The van der Waals surface area contributed by atoms with Gasteiger partial charge in [-0.25, -0.2) is 4.98 Å². The molecule has 4 heteroatoms. The van der Waals surface area contributed by atoms with Gasteiger partial charge in [-0.3, -0.25) is 0 Å². The molecule has 0 radical (unpaired) electrons. The van der Waals surface area contributed by atoms with Gasteiger partial charge in [0, 0.05) is 11.8 Å². The minimum Gasteiger partial charge on any atom is -0.393 e. The molecule has 0 aromatic carbocycles. The van der Waals surface area contributed by atoms with Gasteiger partial charge in [-0.2, -0.15) is 5.26 Å². The number of hydrogen-bond donors (Lipinski definition) is 1. The predicted octanol–water partition coefficient (Wildman–Crippen LogP) is 1.77.